The monoisotopic (exact) mass is 315 g/mol. The highest BCUT2D eigenvalue weighted by Crippen LogP contribution is 2.41. The maximum absolute atomic E-state index is 9.39. The minimum absolute atomic E-state index is 0.0236. The molecule has 0 saturated carbocycles. The molecule has 0 aliphatic rings. The molecule has 0 radical (unpaired) electrons. The van der Waals surface area contributed by atoms with Crippen molar-refractivity contribution in [3.8, 4) is 6.07 Å². The largest absolute Gasteiger partial charge is 0.398 e. The summed E-state index contributed by atoms with van der Waals surface area (Å²) in [5, 5.41) is 10.4. The smallest absolute Gasteiger partial charge is 0.194 e. The van der Waals surface area contributed by atoms with Crippen molar-refractivity contribution in [1.29, 1.82) is 5.26 Å². The van der Waals surface area contributed by atoms with Gasteiger partial charge in [-0.15, -0.1) is 0 Å². The third-order valence-corrected chi connectivity index (χ3v) is 8.69. The second-order valence-corrected chi connectivity index (χ2v) is 11.6. The van der Waals surface area contributed by atoms with E-state index in [0.29, 0.717) is 15.6 Å². The highest BCUT2D eigenvalue weighted by atomic mass is 35.5. The molecule has 19 heavy (non-hydrogen) atoms. The summed E-state index contributed by atoms with van der Waals surface area (Å²) in [6, 6.07) is 7.38. The Morgan fingerprint density at radius 1 is 1.21 bits per heavy atom. The van der Waals surface area contributed by atoms with Gasteiger partial charge < -0.3 is 4.43 Å². The Morgan fingerprint density at radius 3 is 2.05 bits per heavy atom. The predicted molar refractivity (Wildman–Crippen MR) is 83.1 cm³/mol. The van der Waals surface area contributed by atoms with Gasteiger partial charge in [0.15, 0.2) is 14.4 Å². The van der Waals surface area contributed by atoms with E-state index in [-0.39, 0.29) is 5.04 Å². The van der Waals surface area contributed by atoms with E-state index in [1.807, 2.05) is 0 Å². The second kappa shape index (κ2) is 5.84. The van der Waals surface area contributed by atoms with E-state index in [1.54, 1.807) is 18.2 Å². The first-order valence-corrected chi connectivity index (χ1v) is 9.78. The van der Waals surface area contributed by atoms with E-state index in [0.717, 1.165) is 0 Å². The van der Waals surface area contributed by atoms with Crippen LogP contribution in [0.4, 0.5) is 0 Å². The average molecular weight is 316 g/mol. The van der Waals surface area contributed by atoms with Crippen LogP contribution in [-0.4, -0.2) is 8.32 Å². The Hall–Kier alpha value is -0.533. The zero-order chi connectivity index (χ0) is 14.8. The maximum atomic E-state index is 9.39. The van der Waals surface area contributed by atoms with Crippen LogP contribution in [0.3, 0.4) is 0 Å². The quantitative estimate of drug-likeness (QED) is 0.682. The summed E-state index contributed by atoms with van der Waals surface area (Å²) >= 11 is 12.3. The molecule has 0 aliphatic heterocycles. The molecule has 0 amide bonds. The zero-order valence-electron chi connectivity index (χ0n) is 11.9. The van der Waals surface area contributed by atoms with E-state index < -0.39 is 14.4 Å². The summed E-state index contributed by atoms with van der Waals surface area (Å²) < 4.78 is 6.11. The van der Waals surface area contributed by atoms with E-state index in [4.69, 9.17) is 27.6 Å². The van der Waals surface area contributed by atoms with Crippen molar-refractivity contribution in [2.45, 2.75) is 45.0 Å². The minimum Gasteiger partial charge on any atom is -0.398 e. The Kier molecular flexibility index (Phi) is 5.08. The lowest BCUT2D eigenvalue weighted by Gasteiger charge is -2.37. The molecule has 1 rings (SSSR count). The van der Waals surface area contributed by atoms with E-state index in [2.05, 4.69) is 39.9 Å². The van der Waals surface area contributed by atoms with Crippen LogP contribution in [-0.2, 0) is 4.43 Å². The van der Waals surface area contributed by atoms with Crippen LogP contribution in [0.15, 0.2) is 18.2 Å². The highest BCUT2D eigenvalue weighted by Gasteiger charge is 2.40. The molecule has 0 aliphatic carbocycles. The van der Waals surface area contributed by atoms with Crippen molar-refractivity contribution in [3.63, 3.8) is 0 Å². The third-order valence-electron chi connectivity index (χ3n) is 3.60. The summed E-state index contributed by atoms with van der Waals surface area (Å²) in [6.45, 7) is 10.6. The second-order valence-electron chi connectivity index (χ2n) is 6.02. The summed E-state index contributed by atoms with van der Waals surface area (Å²) in [5.74, 6) is 0. The molecule has 0 heterocycles. The van der Waals surface area contributed by atoms with Crippen LogP contribution >= 0.6 is 23.2 Å². The van der Waals surface area contributed by atoms with Crippen molar-refractivity contribution in [2.75, 3.05) is 0 Å². The van der Waals surface area contributed by atoms with Crippen molar-refractivity contribution >= 4 is 31.5 Å². The van der Waals surface area contributed by atoms with E-state index in [1.165, 1.54) is 0 Å². The van der Waals surface area contributed by atoms with Crippen molar-refractivity contribution in [1.82, 2.24) is 0 Å². The number of benzene rings is 1. The number of rotatable bonds is 3. The third kappa shape index (κ3) is 3.73. The number of nitrogens with zero attached hydrogens (tertiary/aromatic N) is 1. The Balaban J connectivity index is 3.14. The Bertz CT molecular complexity index is 483. The van der Waals surface area contributed by atoms with Gasteiger partial charge in [0, 0.05) is 15.6 Å². The lowest BCUT2D eigenvalue weighted by atomic mass is 10.1. The number of hydrogen-bond donors (Lipinski definition) is 0. The molecule has 2 nitrogen and oxygen atoms in total. The fourth-order valence-electron chi connectivity index (χ4n) is 1.38. The zero-order valence-corrected chi connectivity index (χ0v) is 14.4. The fourth-order valence-corrected chi connectivity index (χ4v) is 3.09. The van der Waals surface area contributed by atoms with Gasteiger partial charge in [0.05, 0.1) is 6.07 Å². The van der Waals surface area contributed by atoms with Gasteiger partial charge in [-0.05, 0) is 30.3 Å². The van der Waals surface area contributed by atoms with Gasteiger partial charge >= 0.3 is 0 Å². The van der Waals surface area contributed by atoms with Gasteiger partial charge in [0.2, 0.25) is 0 Å². The molecule has 0 aromatic heterocycles. The molecule has 1 atom stereocenters. The summed E-state index contributed by atoms with van der Waals surface area (Å²) in [4.78, 5) is 0. The Labute approximate surface area is 126 Å². The van der Waals surface area contributed by atoms with Gasteiger partial charge in [-0.2, -0.15) is 5.26 Å². The van der Waals surface area contributed by atoms with Crippen LogP contribution in [0.1, 0.15) is 32.4 Å². The number of halogens is 2. The molecule has 104 valence electrons. The first-order valence-electron chi connectivity index (χ1n) is 6.11. The standard InChI is InChI=1S/C14H19Cl2NOSi/c1-14(2,3)19(4,5)18-12(9-17)13-10(15)7-6-8-11(13)16/h6-8,12H,1-5H3. The molecule has 0 spiro atoms. The molecule has 0 bridgehead atoms. The van der Waals surface area contributed by atoms with Crippen LogP contribution < -0.4 is 0 Å². The van der Waals surface area contributed by atoms with Gasteiger partial charge in [-0.25, -0.2) is 0 Å². The van der Waals surface area contributed by atoms with Crippen molar-refractivity contribution in [2.24, 2.45) is 0 Å². The molecule has 1 unspecified atom stereocenters. The SMILES string of the molecule is CC(C)(C)[Si](C)(C)OC(C#N)c1c(Cl)cccc1Cl. The van der Waals surface area contributed by atoms with Crippen molar-refractivity contribution in [3.05, 3.63) is 33.8 Å². The summed E-state index contributed by atoms with van der Waals surface area (Å²) in [5.41, 5.74) is 0.568. The van der Waals surface area contributed by atoms with Crippen molar-refractivity contribution < 1.29 is 4.43 Å². The summed E-state index contributed by atoms with van der Waals surface area (Å²) in [6.07, 6.45) is -0.720. The average Bonchev–Trinajstić information content (AvgIpc) is 2.25. The molecule has 1 aromatic carbocycles. The topological polar surface area (TPSA) is 33.0 Å². The molecule has 0 saturated heterocycles. The predicted octanol–water partition coefficient (Wildman–Crippen LogP) is 5.58. The maximum Gasteiger partial charge on any atom is 0.194 e. The normalized spacial score (nSPS) is 14.0. The molecular formula is C14H19Cl2NOSi. The van der Waals surface area contributed by atoms with E-state index >= 15 is 0 Å². The molecular weight excluding hydrogens is 297 g/mol. The Morgan fingerprint density at radius 2 is 1.68 bits per heavy atom. The molecule has 0 fully saturated rings. The van der Waals surface area contributed by atoms with Gasteiger partial charge in [-0.1, -0.05) is 50.0 Å². The molecule has 0 N–H and O–H groups in total. The fraction of sp³-hybridized carbons (Fsp3) is 0.500. The first-order chi connectivity index (χ1) is 8.60. The lowest BCUT2D eigenvalue weighted by molar-refractivity contribution is 0.236. The minimum atomic E-state index is -2.06. The van der Waals surface area contributed by atoms with Crippen LogP contribution in [0.5, 0.6) is 0 Å². The molecule has 5 heteroatoms. The number of nitriles is 1. The molecule has 1 aromatic rings. The van der Waals surface area contributed by atoms with E-state index in [9.17, 15) is 5.26 Å². The van der Waals surface area contributed by atoms with Crippen LogP contribution in [0.25, 0.3) is 0 Å². The van der Waals surface area contributed by atoms with Crippen LogP contribution in [0.2, 0.25) is 28.2 Å². The van der Waals surface area contributed by atoms with Gasteiger partial charge in [0.1, 0.15) is 0 Å². The summed E-state index contributed by atoms with van der Waals surface area (Å²) in [7, 11) is -2.06. The first kappa shape index (κ1) is 16.5. The van der Waals surface area contributed by atoms with Crippen LogP contribution in [0, 0.1) is 11.3 Å². The lowest BCUT2D eigenvalue weighted by Crippen LogP contribution is -2.41. The van der Waals surface area contributed by atoms with Gasteiger partial charge in [-0.3, -0.25) is 0 Å². The highest BCUT2D eigenvalue weighted by molar-refractivity contribution is 6.74. The number of hydrogen-bond acceptors (Lipinski definition) is 2. The van der Waals surface area contributed by atoms with Gasteiger partial charge in [0.25, 0.3) is 0 Å².